The van der Waals surface area contributed by atoms with Crippen molar-refractivity contribution in [2.45, 2.75) is 51.7 Å². The molecule has 2 aromatic heterocycles. The molecule has 27 heavy (non-hydrogen) atoms. The smallest absolute Gasteiger partial charge is 0.329 e. The number of aryl methyl sites for hydroxylation is 2. The Labute approximate surface area is 162 Å². The summed E-state index contributed by atoms with van der Waals surface area (Å²) in [5.41, 5.74) is 1.86. The highest BCUT2D eigenvalue weighted by Gasteiger charge is 2.30. The predicted molar refractivity (Wildman–Crippen MR) is 109 cm³/mol. The zero-order valence-electron chi connectivity index (χ0n) is 15.6. The predicted octanol–water partition coefficient (Wildman–Crippen LogP) is 4.03. The molecule has 1 fully saturated rings. The molecule has 1 aromatic carbocycles. The van der Waals surface area contributed by atoms with Crippen molar-refractivity contribution in [3.8, 4) is 0 Å². The third-order valence-electron chi connectivity index (χ3n) is 5.37. The minimum atomic E-state index is -0.0120. The van der Waals surface area contributed by atoms with Gasteiger partial charge in [-0.15, -0.1) is 11.3 Å². The van der Waals surface area contributed by atoms with E-state index in [-0.39, 0.29) is 17.6 Å². The maximum Gasteiger partial charge on any atom is 0.329 e. The second kappa shape index (κ2) is 7.72. The van der Waals surface area contributed by atoms with E-state index < -0.39 is 0 Å². The molecule has 1 amide bonds. The van der Waals surface area contributed by atoms with Crippen LogP contribution >= 0.6 is 11.3 Å². The molecule has 1 unspecified atom stereocenters. The molecular formula is C21H25N3O2S. The van der Waals surface area contributed by atoms with Gasteiger partial charge in [0.05, 0.1) is 17.1 Å². The summed E-state index contributed by atoms with van der Waals surface area (Å²) in [5.74, 6) is 0.144. The molecule has 0 saturated carbocycles. The molecule has 6 heteroatoms. The zero-order chi connectivity index (χ0) is 18.8. The Morgan fingerprint density at radius 1 is 1.11 bits per heavy atom. The van der Waals surface area contributed by atoms with Crippen molar-refractivity contribution in [3.05, 3.63) is 57.1 Å². The van der Waals surface area contributed by atoms with Crippen LogP contribution in [0.2, 0.25) is 0 Å². The minimum absolute atomic E-state index is 0.0120. The van der Waals surface area contributed by atoms with E-state index in [1.165, 1.54) is 4.88 Å². The first kappa shape index (κ1) is 18.0. The first-order valence-electron chi connectivity index (χ1n) is 9.71. The second-order valence-electron chi connectivity index (χ2n) is 7.09. The second-order valence-corrected chi connectivity index (χ2v) is 8.06. The fourth-order valence-electron chi connectivity index (χ4n) is 4.12. The van der Waals surface area contributed by atoms with Crippen LogP contribution in [0.5, 0.6) is 0 Å². The molecule has 142 valence electrons. The SMILES string of the molecule is CCCn1c(=O)n(CCC(=O)N2CCCC2c2cccs2)c2ccccc21. The summed E-state index contributed by atoms with van der Waals surface area (Å²) in [6.45, 7) is 4.02. The Balaban J connectivity index is 1.54. The number of carbonyl (C=O) groups excluding carboxylic acids is 1. The Kier molecular flexibility index (Phi) is 5.16. The third kappa shape index (κ3) is 3.34. The number of thiophene rings is 1. The van der Waals surface area contributed by atoms with Gasteiger partial charge < -0.3 is 4.90 Å². The number of rotatable bonds is 6. The molecular weight excluding hydrogens is 358 g/mol. The van der Waals surface area contributed by atoms with Gasteiger partial charge in [-0.25, -0.2) is 4.79 Å². The lowest BCUT2D eigenvalue weighted by atomic mass is 10.2. The fraction of sp³-hybridized carbons (Fsp3) is 0.429. The van der Waals surface area contributed by atoms with E-state index in [1.807, 2.05) is 39.8 Å². The van der Waals surface area contributed by atoms with Gasteiger partial charge in [0, 0.05) is 30.9 Å². The highest BCUT2D eigenvalue weighted by Crippen LogP contribution is 2.34. The fourth-order valence-corrected chi connectivity index (χ4v) is 4.99. The lowest BCUT2D eigenvalue weighted by molar-refractivity contribution is -0.132. The van der Waals surface area contributed by atoms with Gasteiger partial charge in [-0.3, -0.25) is 13.9 Å². The topological polar surface area (TPSA) is 47.2 Å². The average Bonchev–Trinajstić information content (AvgIpc) is 3.41. The van der Waals surface area contributed by atoms with Gasteiger partial charge in [0.15, 0.2) is 0 Å². The molecule has 0 aliphatic carbocycles. The van der Waals surface area contributed by atoms with Gasteiger partial charge >= 0.3 is 5.69 Å². The maximum absolute atomic E-state index is 12.9. The van der Waals surface area contributed by atoms with Crippen LogP contribution in [0.1, 0.15) is 43.5 Å². The Morgan fingerprint density at radius 3 is 2.52 bits per heavy atom. The number of aromatic nitrogens is 2. The first-order chi connectivity index (χ1) is 13.2. The molecule has 0 spiro atoms. The highest BCUT2D eigenvalue weighted by atomic mass is 32.1. The van der Waals surface area contributed by atoms with Crippen LogP contribution in [-0.4, -0.2) is 26.5 Å². The Bertz CT molecular complexity index is 987. The van der Waals surface area contributed by atoms with E-state index in [1.54, 1.807) is 15.9 Å². The molecule has 4 rings (SSSR count). The molecule has 0 radical (unpaired) electrons. The molecule has 1 aliphatic heterocycles. The van der Waals surface area contributed by atoms with Gasteiger partial charge in [-0.2, -0.15) is 0 Å². The summed E-state index contributed by atoms with van der Waals surface area (Å²) in [5, 5.41) is 2.07. The number of para-hydroxylation sites is 2. The number of imidazole rings is 1. The monoisotopic (exact) mass is 383 g/mol. The van der Waals surface area contributed by atoms with Crippen molar-refractivity contribution in [1.82, 2.24) is 14.0 Å². The van der Waals surface area contributed by atoms with Gasteiger partial charge in [0.1, 0.15) is 0 Å². The third-order valence-corrected chi connectivity index (χ3v) is 6.34. The number of carbonyl (C=O) groups is 1. The van der Waals surface area contributed by atoms with E-state index in [2.05, 4.69) is 18.4 Å². The largest absolute Gasteiger partial charge is 0.335 e. The van der Waals surface area contributed by atoms with Crippen molar-refractivity contribution in [3.63, 3.8) is 0 Å². The molecule has 5 nitrogen and oxygen atoms in total. The number of benzene rings is 1. The van der Waals surface area contributed by atoms with Crippen LogP contribution in [0.25, 0.3) is 11.0 Å². The quantitative estimate of drug-likeness (QED) is 0.645. The van der Waals surface area contributed by atoms with Crippen LogP contribution in [-0.2, 0) is 17.9 Å². The summed E-state index contributed by atoms with van der Waals surface area (Å²) < 4.78 is 3.59. The maximum atomic E-state index is 12.9. The summed E-state index contributed by atoms with van der Waals surface area (Å²) in [6.07, 6.45) is 3.34. The minimum Gasteiger partial charge on any atom is -0.335 e. The molecule has 1 saturated heterocycles. The zero-order valence-corrected chi connectivity index (χ0v) is 16.5. The van der Waals surface area contributed by atoms with Crippen molar-refractivity contribution in [1.29, 1.82) is 0 Å². The van der Waals surface area contributed by atoms with E-state index in [9.17, 15) is 9.59 Å². The average molecular weight is 384 g/mol. The lowest BCUT2D eigenvalue weighted by Crippen LogP contribution is -2.32. The van der Waals surface area contributed by atoms with E-state index in [4.69, 9.17) is 0 Å². The summed E-state index contributed by atoms with van der Waals surface area (Å²) in [6, 6.07) is 12.2. The van der Waals surface area contributed by atoms with Crippen LogP contribution in [0.3, 0.4) is 0 Å². The molecule has 0 bridgehead atoms. The normalized spacial score (nSPS) is 17.1. The van der Waals surface area contributed by atoms with Crippen molar-refractivity contribution in [2.75, 3.05) is 6.54 Å². The van der Waals surface area contributed by atoms with Crippen LogP contribution in [0.15, 0.2) is 46.6 Å². The Morgan fingerprint density at radius 2 is 1.85 bits per heavy atom. The number of nitrogens with zero attached hydrogens (tertiary/aromatic N) is 3. The van der Waals surface area contributed by atoms with E-state index >= 15 is 0 Å². The number of fused-ring (bicyclic) bond motifs is 1. The van der Waals surface area contributed by atoms with Crippen molar-refractivity contribution >= 4 is 28.3 Å². The molecule has 1 atom stereocenters. The van der Waals surface area contributed by atoms with Crippen LogP contribution in [0.4, 0.5) is 0 Å². The summed E-state index contributed by atoms with van der Waals surface area (Å²) in [7, 11) is 0. The number of likely N-dealkylation sites (tertiary alicyclic amines) is 1. The molecule has 1 aliphatic rings. The van der Waals surface area contributed by atoms with Gasteiger partial charge in [-0.05, 0) is 42.8 Å². The molecule has 3 aromatic rings. The molecule has 0 N–H and O–H groups in total. The summed E-state index contributed by atoms with van der Waals surface area (Å²) >= 11 is 1.72. The number of hydrogen-bond donors (Lipinski definition) is 0. The Hall–Kier alpha value is -2.34. The van der Waals surface area contributed by atoms with Gasteiger partial charge in [0.25, 0.3) is 0 Å². The lowest BCUT2D eigenvalue weighted by Gasteiger charge is -2.24. The standard InChI is InChI=1S/C21H25N3O2S/c1-2-12-23-16-7-3-4-8-17(16)24(21(23)26)14-11-20(25)22-13-5-9-18(22)19-10-6-15-27-19/h3-4,6-8,10,15,18H,2,5,9,11-14H2,1H3. The number of amides is 1. The van der Waals surface area contributed by atoms with Crippen molar-refractivity contribution < 1.29 is 4.79 Å². The van der Waals surface area contributed by atoms with E-state index in [0.29, 0.717) is 19.5 Å². The van der Waals surface area contributed by atoms with Gasteiger partial charge in [0.2, 0.25) is 5.91 Å². The molecule has 3 heterocycles. The van der Waals surface area contributed by atoms with Crippen LogP contribution in [0, 0.1) is 0 Å². The number of hydrogen-bond acceptors (Lipinski definition) is 3. The van der Waals surface area contributed by atoms with Gasteiger partial charge in [-0.1, -0.05) is 25.1 Å². The summed E-state index contributed by atoms with van der Waals surface area (Å²) in [4.78, 5) is 29.0. The van der Waals surface area contributed by atoms with Crippen molar-refractivity contribution in [2.24, 2.45) is 0 Å². The highest BCUT2D eigenvalue weighted by molar-refractivity contribution is 7.10. The first-order valence-corrected chi connectivity index (χ1v) is 10.6. The van der Waals surface area contributed by atoms with E-state index in [0.717, 1.165) is 36.8 Å². The van der Waals surface area contributed by atoms with Crippen LogP contribution < -0.4 is 5.69 Å².